The van der Waals surface area contributed by atoms with E-state index in [4.69, 9.17) is 14.2 Å². The number of ether oxygens (including phenoxy) is 3. The maximum Gasteiger partial charge on any atom is 0.315 e. The van der Waals surface area contributed by atoms with Crippen molar-refractivity contribution in [1.29, 1.82) is 0 Å². The second-order valence-electron chi connectivity index (χ2n) is 9.25. The molecule has 1 aliphatic rings. The van der Waals surface area contributed by atoms with Gasteiger partial charge >= 0.3 is 17.9 Å². The number of hydrogen-bond acceptors (Lipinski definition) is 6. The van der Waals surface area contributed by atoms with E-state index in [1.165, 1.54) is 0 Å². The molecule has 204 valence electrons. The van der Waals surface area contributed by atoms with Crippen LogP contribution in [0.15, 0.2) is 38.5 Å². The Labute approximate surface area is 213 Å². The van der Waals surface area contributed by atoms with Crippen molar-refractivity contribution in [3.05, 3.63) is 38.5 Å². The average Bonchev–Trinajstić information content (AvgIpc) is 2.82. The van der Waals surface area contributed by atoms with Gasteiger partial charge in [0.2, 0.25) is 0 Å². The van der Waals surface area contributed by atoms with Crippen molar-refractivity contribution in [2.75, 3.05) is 0 Å². The lowest BCUT2D eigenvalue weighted by Gasteiger charge is -2.59. The van der Waals surface area contributed by atoms with Crippen LogP contribution in [0.25, 0.3) is 0 Å². The van der Waals surface area contributed by atoms with Gasteiger partial charge in [-0.25, -0.2) is 0 Å². The first-order valence-corrected chi connectivity index (χ1v) is 12.6. The first kappa shape index (κ1) is 31.1. The molecule has 0 aromatic heterocycles. The first-order valence-electron chi connectivity index (χ1n) is 12.6. The van der Waals surface area contributed by atoms with Crippen LogP contribution in [-0.2, 0) is 28.6 Å². The fourth-order valence-corrected chi connectivity index (χ4v) is 6.37. The van der Waals surface area contributed by atoms with E-state index in [1.807, 2.05) is 20.8 Å². The topological polar surface area (TPSA) is 140 Å². The highest BCUT2D eigenvalue weighted by Crippen LogP contribution is 2.64. The predicted molar refractivity (Wildman–Crippen MR) is 134 cm³/mol. The van der Waals surface area contributed by atoms with Crippen LogP contribution in [0.3, 0.4) is 0 Å². The Kier molecular flexibility index (Phi) is 12.0. The van der Waals surface area contributed by atoms with Crippen LogP contribution in [-0.4, -0.2) is 51.5 Å². The number of carboxylic acid groups (broad SMARTS) is 3. The zero-order chi connectivity index (χ0) is 27.5. The van der Waals surface area contributed by atoms with E-state index < -0.39 is 58.9 Å². The largest absolute Gasteiger partial charge is 0.498 e. The average molecular weight is 511 g/mol. The minimum Gasteiger partial charge on any atom is -0.498 e. The molecule has 3 N–H and O–H groups in total. The lowest BCUT2D eigenvalue weighted by atomic mass is 9.43. The monoisotopic (exact) mass is 510 g/mol. The Morgan fingerprint density at radius 2 is 1.33 bits per heavy atom. The molecule has 7 unspecified atom stereocenters. The molecule has 0 radical (unpaired) electrons. The molecule has 1 aliphatic carbocycles. The van der Waals surface area contributed by atoms with E-state index >= 15 is 0 Å². The van der Waals surface area contributed by atoms with Gasteiger partial charge in [-0.3, -0.25) is 14.4 Å². The van der Waals surface area contributed by atoms with Crippen molar-refractivity contribution in [2.45, 2.75) is 90.4 Å². The molecule has 1 saturated carbocycles. The molecular formula is C27H42O9. The van der Waals surface area contributed by atoms with Gasteiger partial charge in [-0.2, -0.15) is 0 Å². The Balaban J connectivity index is 4.36. The highest BCUT2D eigenvalue weighted by molar-refractivity contribution is 5.90. The van der Waals surface area contributed by atoms with Gasteiger partial charge in [-0.15, -0.1) is 0 Å². The standard InChI is InChI=1S/C27H42O9/c1-7-13-19(34-10-4)22-18(23(28)29)16-17-26(24(30)31,20(14-8-2)35-11-5)27(22,25(32)33)21(15-9-3)36-12-6/h10-12,18-22H,4-9,13-17H2,1-3H3,(H,28,29)(H,30,31)(H,32,33). The minimum atomic E-state index is -2.25. The molecule has 1 fully saturated rings. The molecule has 0 saturated heterocycles. The van der Waals surface area contributed by atoms with E-state index in [-0.39, 0.29) is 25.7 Å². The van der Waals surface area contributed by atoms with Crippen molar-refractivity contribution in [3.63, 3.8) is 0 Å². The summed E-state index contributed by atoms with van der Waals surface area (Å²) in [7, 11) is 0. The summed E-state index contributed by atoms with van der Waals surface area (Å²) < 4.78 is 17.4. The molecule has 0 spiro atoms. The summed E-state index contributed by atoms with van der Waals surface area (Å²) in [5.74, 6) is -6.56. The van der Waals surface area contributed by atoms with Gasteiger partial charge in [-0.1, -0.05) is 59.8 Å². The van der Waals surface area contributed by atoms with Crippen molar-refractivity contribution in [2.24, 2.45) is 22.7 Å². The van der Waals surface area contributed by atoms with Gasteiger partial charge in [0.05, 0.1) is 24.7 Å². The summed E-state index contributed by atoms with van der Waals surface area (Å²) in [6.07, 6.45) is 1.91. The molecule has 9 heteroatoms. The number of carbonyl (C=O) groups is 3. The smallest absolute Gasteiger partial charge is 0.315 e. The minimum absolute atomic E-state index is 0.0737. The molecule has 9 nitrogen and oxygen atoms in total. The lowest BCUT2D eigenvalue weighted by molar-refractivity contribution is -0.244. The van der Waals surface area contributed by atoms with Crippen molar-refractivity contribution < 1.29 is 43.9 Å². The number of rotatable bonds is 18. The molecule has 0 heterocycles. The summed E-state index contributed by atoms with van der Waals surface area (Å²) in [6, 6.07) is 0. The fraction of sp³-hybridized carbons (Fsp3) is 0.667. The molecule has 0 amide bonds. The van der Waals surface area contributed by atoms with Crippen molar-refractivity contribution in [3.8, 4) is 0 Å². The van der Waals surface area contributed by atoms with Crippen molar-refractivity contribution in [1.82, 2.24) is 0 Å². The van der Waals surface area contributed by atoms with E-state index in [1.54, 1.807) is 0 Å². The summed E-state index contributed by atoms with van der Waals surface area (Å²) in [4.78, 5) is 39.7. The fourth-order valence-electron chi connectivity index (χ4n) is 6.37. The molecule has 36 heavy (non-hydrogen) atoms. The Morgan fingerprint density at radius 1 is 0.833 bits per heavy atom. The SMILES string of the molecule is C=COC(CCC)C1C(C(=O)O)CCC(C(=O)O)(C(CCC)OC=C)C1(C(=O)O)C(CCC)OC=C. The van der Waals surface area contributed by atoms with Crippen LogP contribution in [0.2, 0.25) is 0 Å². The molecule has 0 aromatic carbocycles. The van der Waals surface area contributed by atoms with Crippen LogP contribution in [0.5, 0.6) is 0 Å². The summed E-state index contributed by atoms with van der Waals surface area (Å²) in [5.41, 5.74) is -4.31. The summed E-state index contributed by atoms with van der Waals surface area (Å²) >= 11 is 0. The maximum atomic E-state index is 13.7. The van der Waals surface area contributed by atoms with Crippen LogP contribution in [0.4, 0.5) is 0 Å². The van der Waals surface area contributed by atoms with Crippen LogP contribution in [0.1, 0.15) is 72.1 Å². The van der Waals surface area contributed by atoms with Gasteiger partial charge in [0.15, 0.2) is 0 Å². The number of aliphatic carboxylic acids is 3. The van der Waals surface area contributed by atoms with Crippen LogP contribution < -0.4 is 0 Å². The van der Waals surface area contributed by atoms with Gasteiger partial charge in [-0.05, 0) is 32.1 Å². The second-order valence-corrected chi connectivity index (χ2v) is 9.25. The quantitative estimate of drug-likeness (QED) is 0.212. The van der Waals surface area contributed by atoms with Gasteiger partial charge < -0.3 is 29.5 Å². The summed E-state index contributed by atoms with van der Waals surface area (Å²) in [6.45, 7) is 16.3. The van der Waals surface area contributed by atoms with E-state index in [2.05, 4.69) is 19.7 Å². The molecule has 0 aromatic rings. The molecule has 0 aliphatic heterocycles. The van der Waals surface area contributed by atoms with E-state index in [0.717, 1.165) is 18.8 Å². The highest BCUT2D eigenvalue weighted by Gasteiger charge is 2.77. The molecule has 1 rings (SSSR count). The van der Waals surface area contributed by atoms with Gasteiger partial charge in [0.25, 0.3) is 0 Å². The van der Waals surface area contributed by atoms with Crippen molar-refractivity contribution >= 4 is 17.9 Å². The second kappa shape index (κ2) is 13.9. The normalized spacial score (nSPS) is 28.1. The van der Waals surface area contributed by atoms with E-state index in [0.29, 0.717) is 25.7 Å². The van der Waals surface area contributed by atoms with Crippen LogP contribution >= 0.6 is 0 Å². The van der Waals surface area contributed by atoms with Crippen LogP contribution in [0, 0.1) is 22.7 Å². The highest BCUT2D eigenvalue weighted by atomic mass is 16.5. The Morgan fingerprint density at radius 3 is 1.75 bits per heavy atom. The number of carboxylic acids is 3. The zero-order valence-corrected chi connectivity index (χ0v) is 21.7. The Hall–Kier alpha value is -2.97. The zero-order valence-electron chi connectivity index (χ0n) is 21.7. The lowest BCUT2D eigenvalue weighted by Crippen LogP contribution is -2.72. The summed E-state index contributed by atoms with van der Waals surface area (Å²) in [5, 5.41) is 32.3. The predicted octanol–water partition coefficient (Wildman–Crippen LogP) is 5.23. The molecular weight excluding hydrogens is 468 g/mol. The maximum absolute atomic E-state index is 13.7. The third-order valence-corrected chi connectivity index (χ3v) is 7.52. The van der Waals surface area contributed by atoms with Gasteiger partial charge in [0.1, 0.15) is 29.1 Å². The molecule has 0 bridgehead atoms. The third-order valence-electron chi connectivity index (χ3n) is 7.52. The van der Waals surface area contributed by atoms with Gasteiger partial charge in [0, 0.05) is 5.92 Å². The first-order chi connectivity index (χ1) is 17.1. The number of hydrogen-bond donors (Lipinski definition) is 3. The Bertz CT molecular complexity index is 794. The third kappa shape index (κ3) is 5.39. The molecule has 7 atom stereocenters. The van der Waals surface area contributed by atoms with E-state index in [9.17, 15) is 29.7 Å².